The van der Waals surface area contributed by atoms with Gasteiger partial charge in [-0.2, -0.15) is 0 Å². The highest BCUT2D eigenvalue weighted by molar-refractivity contribution is 7.92. The lowest BCUT2D eigenvalue weighted by Crippen LogP contribution is -2.31. The van der Waals surface area contributed by atoms with Gasteiger partial charge in [0.1, 0.15) is 0 Å². The lowest BCUT2D eigenvalue weighted by molar-refractivity contribution is -0.116. The van der Waals surface area contributed by atoms with Crippen LogP contribution in [0.4, 0.5) is 11.4 Å². The first kappa shape index (κ1) is 21.4. The van der Waals surface area contributed by atoms with Gasteiger partial charge in [0.15, 0.2) is 0 Å². The van der Waals surface area contributed by atoms with Crippen LogP contribution in [0.2, 0.25) is 0 Å². The van der Waals surface area contributed by atoms with Crippen molar-refractivity contribution in [3.05, 3.63) is 24.3 Å². The van der Waals surface area contributed by atoms with Crippen LogP contribution in [0, 0.1) is 0 Å². The second-order valence-electron chi connectivity index (χ2n) is 5.94. The Bertz CT molecular complexity index is 772. The molecule has 1 amide bonds. The molecule has 0 radical (unpaired) electrons. The Morgan fingerprint density at radius 1 is 1.00 bits per heavy atom. The normalized spacial score (nSPS) is 12.2. The second kappa shape index (κ2) is 9.16. The van der Waals surface area contributed by atoms with Gasteiger partial charge in [-0.15, -0.1) is 0 Å². The molecule has 1 rings (SSSR count). The van der Waals surface area contributed by atoms with Gasteiger partial charge in [0.25, 0.3) is 0 Å². The molecule has 1 aromatic carbocycles. The van der Waals surface area contributed by atoms with Gasteiger partial charge < -0.3 is 5.32 Å². The molecule has 0 aliphatic carbocycles. The molecule has 1 aromatic rings. The number of carbonyl (C=O) groups is 1. The molecule has 0 saturated heterocycles. The van der Waals surface area contributed by atoms with Crippen LogP contribution in [-0.4, -0.2) is 40.8 Å². The maximum Gasteiger partial charge on any atom is 0.229 e. The molecule has 8 nitrogen and oxygen atoms in total. The molecule has 0 aliphatic heterocycles. The minimum Gasteiger partial charge on any atom is -0.326 e. The average molecular weight is 392 g/mol. The van der Waals surface area contributed by atoms with Gasteiger partial charge in [0.05, 0.1) is 11.5 Å². The maximum atomic E-state index is 11.8. The first-order valence-electron chi connectivity index (χ1n) is 7.86. The first-order valence-corrected chi connectivity index (χ1v) is 11.3. The van der Waals surface area contributed by atoms with Crippen LogP contribution >= 0.6 is 0 Å². The fourth-order valence-corrected chi connectivity index (χ4v) is 3.18. The van der Waals surface area contributed by atoms with Gasteiger partial charge in [-0.05, 0) is 51.0 Å². The number of unbranched alkanes of at least 4 members (excludes halogenated alkanes) is 1. The molecule has 3 N–H and O–H groups in total. The van der Waals surface area contributed by atoms with Crippen LogP contribution in [0.15, 0.2) is 24.3 Å². The number of sulfonamides is 2. The van der Waals surface area contributed by atoms with Crippen molar-refractivity contribution in [2.75, 3.05) is 22.8 Å². The van der Waals surface area contributed by atoms with Gasteiger partial charge in [-0.1, -0.05) is 0 Å². The molecule has 0 bridgehead atoms. The Kier molecular flexibility index (Phi) is 7.84. The highest BCUT2D eigenvalue weighted by Crippen LogP contribution is 2.15. The van der Waals surface area contributed by atoms with Crippen molar-refractivity contribution in [3.63, 3.8) is 0 Å². The monoisotopic (exact) mass is 391 g/mol. The van der Waals surface area contributed by atoms with Crippen LogP contribution in [0.5, 0.6) is 0 Å². The van der Waals surface area contributed by atoms with Crippen molar-refractivity contribution in [2.24, 2.45) is 0 Å². The summed E-state index contributed by atoms with van der Waals surface area (Å²) in [5.41, 5.74) is 0.975. The summed E-state index contributed by atoms with van der Waals surface area (Å²) < 4.78 is 50.1. The van der Waals surface area contributed by atoms with E-state index in [1.807, 2.05) is 0 Å². The van der Waals surface area contributed by atoms with E-state index in [0.717, 1.165) is 6.26 Å². The summed E-state index contributed by atoms with van der Waals surface area (Å²) in [5.74, 6) is -0.185. The fourth-order valence-electron chi connectivity index (χ4n) is 1.85. The standard InChI is InChI=1S/C15H25N3O5S2/c1-12(2)25(22,23)16-11-5-4-6-15(19)17-13-7-9-14(10-8-13)18-24(3,20)21/h7-10,12,16,18H,4-6,11H2,1-3H3,(H,17,19). The number of rotatable bonds is 10. The van der Waals surface area contributed by atoms with Crippen molar-refractivity contribution in [1.82, 2.24) is 4.72 Å². The number of anilines is 2. The number of hydrogen-bond acceptors (Lipinski definition) is 5. The summed E-state index contributed by atoms with van der Waals surface area (Å²) >= 11 is 0. The smallest absolute Gasteiger partial charge is 0.229 e. The number of carbonyl (C=O) groups excluding carboxylic acids is 1. The molecule has 10 heteroatoms. The summed E-state index contributed by atoms with van der Waals surface area (Å²) in [6.07, 6.45) is 2.45. The Morgan fingerprint density at radius 3 is 2.08 bits per heavy atom. The molecule has 0 heterocycles. The number of hydrogen-bond donors (Lipinski definition) is 3. The molecule has 0 unspecified atom stereocenters. The van der Waals surface area contributed by atoms with Crippen LogP contribution < -0.4 is 14.8 Å². The third-order valence-corrected chi connectivity index (χ3v) is 5.68. The molecule has 0 aromatic heterocycles. The molecule has 0 spiro atoms. The van der Waals surface area contributed by atoms with E-state index in [1.165, 1.54) is 0 Å². The van der Waals surface area contributed by atoms with E-state index in [-0.39, 0.29) is 12.3 Å². The highest BCUT2D eigenvalue weighted by Gasteiger charge is 2.14. The van der Waals surface area contributed by atoms with E-state index in [1.54, 1.807) is 38.1 Å². The Hall–Kier alpha value is -1.65. The zero-order chi connectivity index (χ0) is 19.1. The van der Waals surface area contributed by atoms with E-state index in [2.05, 4.69) is 14.8 Å². The highest BCUT2D eigenvalue weighted by atomic mass is 32.2. The molecule has 0 aliphatic rings. The van der Waals surface area contributed by atoms with Crippen molar-refractivity contribution in [3.8, 4) is 0 Å². The van der Waals surface area contributed by atoms with Crippen molar-refractivity contribution in [2.45, 2.75) is 38.4 Å². The lowest BCUT2D eigenvalue weighted by Gasteiger charge is -2.09. The number of amides is 1. The van der Waals surface area contributed by atoms with Gasteiger partial charge in [0.2, 0.25) is 26.0 Å². The second-order valence-corrected chi connectivity index (χ2v) is 10.0. The zero-order valence-electron chi connectivity index (χ0n) is 14.6. The lowest BCUT2D eigenvalue weighted by atomic mass is 10.2. The van der Waals surface area contributed by atoms with Crippen LogP contribution in [-0.2, 0) is 24.8 Å². The summed E-state index contributed by atoms with van der Waals surface area (Å²) in [4.78, 5) is 11.8. The summed E-state index contributed by atoms with van der Waals surface area (Å²) in [6, 6.07) is 6.30. The largest absolute Gasteiger partial charge is 0.326 e. The minimum atomic E-state index is -3.33. The molecular weight excluding hydrogens is 366 g/mol. The van der Waals surface area contributed by atoms with E-state index < -0.39 is 25.3 Å². The van der Waals surface area contributed by atoms with E-state index in [0.29, 0.717) is 30.8 Å². The average Bonchev–Trinajstić information content (AvgIpc) is 2.47. The van der Waals surface area contributed by atoms with Crippen molar-refractivity contribution < 1.29 is 21.6 Å². The molecule has 0 saturated carbocycles. The topological polar surface area (TPSA) is 121 Å². The van der Waals surface area contributed by atoms with Gasteiger partial charge >= 0.3 is 0 Å². The van der Waals surface area contributed by atoms with Crippen LogP contribution in [0.1, 0.15) is 33.1 Å². The zero-order valence-corrected chi connectivity index (χ0v) is 16.2. The molecule has 0 fully saturated rings. The summed E-state index contributed by atoms with van der Waals surface area (Å²) in [5, 5.41) is 2.23. The number of benzene rings is 1. The van der Waals surface area contributed by atoms with Crippen molar-refractivity contribution >= 4 is 37.3 Å². The van der Waals surface area contributed by atoms with Gasteiger partial charge in [-0.3, -0.25) is 9.52 Å². The quantitative estimate of drug-likeness (QED) is 0.522. The van der Waals surface area contributed by atoms with Crippen LogP contribution in [0.3, 0.4) is 0 Å². The SMILES string of the molecule is CC(C)S(=O)(=O)NCCCCC(=O)Nc1ccc(NS(C)(=O)=O)cc1. The maximum absolute atomic E-state index is 11.8. The number of nitrogens with one attached hydrogen (secondary N) is 3. The predicted octanol–water partition coefficient (Wildman–Crippen LogP) is 1.49. The van der Waals surface area contributed by atoms with Crippen LogP contribution in [0.25, 0.3) is 0 Å². The molecule has 142 valence electrons. The third-order valence-electron chi connectivity index (χ3n) is 3.23. The first-order chi connectivity index (χ1) is 11.5. The van der Waals surface area contributed by atoms with E-state index in [4.69, 9.17) is 0 Å². The Morgan fingerprint density at radius 2 is 1.56 bits per heavy atom. The Labute approximate surface area is 149 Å². The van der Waals surface area contributed by atoms with E-state index in [9.17, 15) is 21.6 Å². The van der Waals surface area contributed by atoms with Crippen molar-refractivity contribution in [1.29, 1.82) is 0 Å². The fraction of sp³-hybridized carbons (Fsp3) is 0.533. The third kappa shape index (κ3) is 8.84. The van der Waals surface area contributed by atoms with Gasteiger partial charge in [0, 0.05) is 24.3 Å². The summed E-state index contributed by atoms with van der Waals surface area (Å²) in [6.45, 7) is 3.51. The minimum absolute atomic E-state index is 0.185. The van der Waals surface area contributed by atoms with Gasteiger partial charge in [-0.25, -0.2) is 21.6 Å². The predicted molar refractivity (Wildman–Crippen MR) is 99.4 cm³/mol. The van der Waals surface area contributed by atoms with E-state index >= 15 is 0 Å². The molecule has 25 heavy (non-hydrogen) atoms. The summed E-state index contributed by atoms with van der Waals surface area (Å²) in [7, 11) is -6.60. The molecule has 0 atom stereocenters. The molecular formula is C15H25N3O5S2. The Balaban J connectivity index is 2.33.